The predicted molar refractivity (Wildman–Crippen MR) is 56.1 cm³/mol. The summed E-state index contributed by atoms with van der Waals surface area (Å²) in [4.78, 5) is 25.1. The zero-order valence-corrected chi connectivity index (χ0v) is 8.87. The largest absolute Gasteiger partial charge is 0.277 e. The minimum atomic E-state index is -0.172. The first-order chi connectivity index (χ1) is 6.70. The van der Waals surface area contributed by atoms with Crippen molar-refractivity contribution >= 4 is 44.6 Å². The lowest BCUT2D eigenvalue weighted by Gasteiger charge is -2.03. The van der Waals surface area contributed by atoms with E-state index in [1.54, 1.807) is 11.3 Å². The van der Waals surface area contributed by atoms with Crippen LogP contribution in [-0.4, -0.2) is 23.8 Å². The molecule has 1 aliphatic rings. The Bertz CT molecular complexity index is 566. The summed E-state index contributed by atoms with van der Waals surface area (Å²) in [5.41, 5.74) is 0.596. The fraction of sp³-hybridized carbons (Fsp3) is 0.111. The molecule has 5 heteroatoms. The Kier molecular flexibility index (Phi) is 1.41. The third-order valence-corrected chi connectivity index (χ3v) is 4.39. The van der Waals surface area contributed by atoms with E-state index in [1.165, 1.54) is 23.3 Å². The van der Waals surface area contributed by atoms with Crippen LogP contribution in [0.15, 0.2) is 10.8 Å². The number of rotatable bonds is 0. The van der Waals surface area contributed by atoms with Gasteiger partial charge in [-0.25, -0.2) is 0 Å². The first-order valence-electron chi connectivity index (χ1n) is 4.01. The van der Waals surface area contributed by atoms with Crippen LogP contribution in [-0.2, 0) is 0 Å². The average molecular weight is 223 g/mol. The summed E-state index contributed by atoms with van der Waals surface area (Å²) in [5.74, 6) is -0.342. The minimum Gasteiger partial charge on any atom is -0.277 e. The molecule has 70 valence electrons. The number of hydrogen-bond acceptors (Lipinski definition) is 4. The number of nitrogens with zero attached hydrogens (tertiary/aromatic N) is 1. The van der Waals surface area contributed by atoms with Gasteiger partial charge in [0.05, 0.1) is 5.56 Å². The molecule has 1 aliphatic heterocycles. The molecule has 2 aromatic rings. The van der Waals surface area contributed by atoms with E-state index in [4.69, 9.17) is 0 Å². The number of hydrogen-bond donors (Lipinski definition) is 0. The van der Waals surface area contributed by atoms with Crippen LogP contribution in [0.3, 0.4) is 0 Å². The fourth-order valence-electron chi connectivity index (χ4n) is 1.61. The molecule has 0 bridgehead atoms. The van der Waals surface area contributed by atoms with Crippen molar-refractivity contribution in [2.24, 2.45) is 0 Å². The maximum absolute atomic E-state index is 11.7. The van der Waals surface area contributed by atoms with Crippen LogP contribution in [0.4, 0.5) is 0 Å². The third kappa shape index (κ3) is 0.766. The van der Waals surface area contributed by atoms with Crippen molar-refractivity contribution in [2.75, 3.05) is 7.05 Å². The maximum atomic E-state index is 11.7. The molecule has 2 amide bonds. The zero-order valence-electron chi connectivity index (χ0n) is 7.23. The quantitative estimate of drug-likeness (QED) is 0.642. The maximum Gasteiger partial charge on any atom is 0.271 e. The smallest absolute Gasteiger partial charge is 0.271 e. The molecular formula is C9H5NO2S2. The molecule has 0 N–H and O–H groups in total. The predicted octanol–water partition coefficient (Wildman–Crippen LogP) is 2.19. The molecule has 14 heavy (non-hydrogen) atoms. The molecule has 0 spiro atoms. The Balaban J connectivity index is 2.44. The van der Waals surface area contributed by atoms with Crippen LogP contribution in [0.5, 0.6) is 0 Å². The highest BCUT2D eigenvalue weighted by Crippen LogP contribution is 2.38. The molecule has 0 unspecified atom stereocenters. The average Bonchev–Trinajstić information content (AvgIpc) is 2.76. The summed E-state index contributed by atoms with van der Waals surface area (Å²) in [6, 6.07) is 0. The van der Waals surface area contributed by atoms with Gasteiger partial charge in [0.1, 0.15) is 4.88 Å². The molecule has 0 fully saturated rings. The van der Waals surface area contributed by atoms with Gasteiger partial charge in [-0.05, 0) is 0 Å². The van der Waals surface area contributed by atoms with Gasteiger partial charge in [-0.1, -0.05) is 0 Å². The second-order valence-corrected chi connectivity index (χ2v) is 4.92. The van der Waals surface area contributed by atoms with Crippen LogP contribution >= 0.6 is 22.7 Å². The molecule has 0 saturated carbocycles. The summed E-state index contributed by atoms with van der Waals surface area (Å²) in [6.07, 6.45) is 0. The van der Waals surface area contributed by atoms with Gasteiger partial charge in [-0.3, -0.25) is 14.5 Å². The van der Waals surface area contributed by atoms with Crippen molar-refractivity contribution in [1.29, 1.82) is 0 Å². The van der Waals surface area contributed by atoms with E-state index < -0.39 is 0 Å². The molecule has 0 aromatic carbocycles. The number of carbonyl (C=O) groups is 2. The lowest BCUT2D eigenvalue weighted by atomic mass is 10.2. The number of fused-ring (bicyclic) bond motifs is 3. The topological polar surface area (TPSA) is 37.4 Å². The number of imide groups is 1. The number of thiophene rings is 2. The Hall–Kier alpha value is -1.20. The van der Waals surface area contributed by atoms with Gasteiger partial charge in [0, 0.05) is 27.9 Å². The molecule has 3 heterocycles. The Morgan fingerprint density at radius 1 is 1.21 bits per heavy atom. The summed E-state index contributed by atoms with van der Waals surface area (Å²) in [6.45, 7) is 0. The molecule has 3 nitrogen and oxygen atoms in total. The zero-order chi connectivity index (χ0) is 9.87. The van der Waals surface area contributed by atoms with Crippen molar-refractivity contribution in [1.82, 2.24) is 4.90 Å². The number of carbonyl (C=O) groups excluding carboxylic acids is 2. The molecule has 2 aromatic heterocycles. The highest BCUT2D eigenvalue weighted by Gasteiger charge is 2.36. The van der Waals surface area contributed by atoms with Crippen molar-refractivity contribution in [3.05, 3.63) is 21.2 Å². The normalized spacial score (nSPS) is 15.6. The van der Waals surface area contributed by atoms with Crippen LogP contribution in [0.2, 0.25) is 0 Å². The molecule has 0 saturated heterocycles. The van der Waals surface area contributed by atoms with E-state index in [-0.39, 0.29) is 11.8 Å². The molecule has 0 radical (unpaired) electrons. The van der Waals surface area contributed by atoms with Crippen molar-refractivity contribution in [3.8, 4) is 0 Å². The first kappa shape index (κ1) is 8.14. The Labute approximate surface area is 87.6 Å². The summed E-state index contributed by atoms with van der Waals surface area (Å²) < 4.78 is 1.04. The van der Waals surface area contributed by atoms with E-state index in [0.29, 0.717) is 10.4 Å². The van der Waals surface area contributed by atoms with E-state index in [0.717, 1.165) is 10.1 Å². The van der Waals surface area contributed by atoms with Crippen LogP contribution in [0.25, 0.3) is 10.1 Å². The van der Waals surface area contributed by atoms with Gasteiger partial charge in [-0.2, -0.15) is 11.3 Å². The summed E-state index contributed by atoms with van der Waals surface area (Å²) in [7, 11) is 1.52. The number of amides is 2. The molecule has 0 atom stereocenters. The second-order valence-electron chi connectivity index (χ2n) is 3.13. The van der Waals surface area contributed by atoms with Gasteiger partial charge in [0.2, 0.25) is 0 Å². The highest BCUT2D eigenvalue weighted by atomic mass is 32.1. The Morgan fingerprint density at radius 2 is 2.00 bits per heavy atom. The SMILES string of the molecule is CN1C(=O)c2sc3cscc3c2C1=O. The van der Waals surface area contributed by atoms with E-state index in [1.807, 2.05) is 10.8 Å². The molecule has 3 rings (SSSR count). The minimum absolute atomic E-state index is 0.170. The van der Waals surface area contributed by atoms with E-state index in [9.17, 15) is 9.59 Å². The van der Waals surface area contributed by atoms with Crippen LogP contribution in [0, 0.1) is 0 Å². The lowest BCUT2D eigenvalue weighted by molar-refractivity contribution is 0.0695. The summed E-state index contributed by atoms with van der Waals surface area (Å²) in [5, 5.41) is 4.83. The fourth-order valence-corrected chi connectivity index (χ4v) is 3.75. The summed E-state index contributed by atoms with van der Waals surface area (Å²) >= 11 is 2.97. The highest BCUT2D eigenvalue weighted by molar-refractivity contribution is 7.24. The van der Waals surface area contributed by atoms with Gasteiger partial charge in [-0.15, -0.1) is 11.3 Å². The van der Waals surface area contributed by atoms with Gasteiger partial charge in [0.25, 0.3) is 11.8 Å². The van der Waals surface area contributed by atoms with Crippen molar-refractivity contribution in [3.63, 3.8) is 0 Å². The van der Waals surface area contributed by atoms with Crippen LogP contribution in [0.1, 0.15) is 20.0 Å². The van der Waals surface area contributed by atoms with Gasteiger partial charge in [0.15, 0.2) is 0 Å². The van der Waals surface area contributed by atoms with Crippen LogP contribution < -0.4 is 0 Å². The third-order valence-electron chi connectivity index (χ3n) is 2.35. The first-order valence-corrected chi connectivity index (χ1v) is 5.77. The monoisotopic (exact) mass is 223 g/mol. The standard InChI is InChI=1S/C9H5NO2S2/c1-10-8(11)6-4-2-13-3-5(4)14-7(6)9(10)12/h2-3H,1H3. The Morgan fingerprint density at radius 3 is 2.79 bits per heavy atom. The van der Waals surface area contributed by atoms with E-state index >= 15 is 0 Å². The van der Waals surface area contributed by atoms with E-state index in [2.05, 4.69) is 0 Å². The molecule has 0 aliphatic carbocycles. The van der Waals surface area contributed by atoms with Gasteiger partial charge >= 0.3 is 0 Å². The van der Waals surface area contributed by atoms with Crippen molar-refractivity contribution in [2.45, 2.75) is 0 Å². The lowest BCUT2D eigenvalue weighted by Crippen LogP contribution is -2.24. The molecular weight excluding hydrogens is 218 g/mol. The van der Waals surface area contributed by atoms with Gasteiger partial charge < -0.3 is 0 Å². The van der Waals surface area contributed by atoms with Crippen molar-refractivity contribution < 1.29 is 9.59 Å². The second kappa shape index (κ2) is 2.43.